The predicted molar refractivity (Wildman–Crippen MR) is 136 cm³/mol. The fraction of sp³-hybridized carbons (Fsp3) is 0.710. The quantitative estimate of drug-likeness (QED) is 0.472. The van der Waals surface area contributed by atoms with E-state index in [4.69, 9.17) is 0 Å². The zero-order valence-corrected chi connectivity index (χ0v) is 20.7. The summed E-state index contributed by atoms with van der Waals surface area (Å²) in [6, 6.07) is 7.77. The van der Waals surface area contributed by atoms with E-state index >= 15 is 0 Å². The molecule has 1 aromatic carbocycles. The molecule has 1 atom stereocenters. The number of nitrogens with zero attached hydrogens (tertiary/aromatic N) is 2. The summed E-state index contributed by atoms with van der Waals surface area (Å²) in [6.07, 6.45) is 18.4. The highest BCUT2D eigenvalue weighted by Crippen LogP contribution is 2.61. The third kappa shape index (κ3) is 2.85. The highest BCUT2D eigenvalue weighted by Gasteiger charge is 2.56. The molecular weight excluding hydrogens is 416 g/mol. The van der Waals surface area contributed by atoms with Crippen LogP contribution in [0.5, 0.6) is 0 Å². The number of rotatable bonds is 2. The lowest BCUT2D eigenvalue weighted by Crippen LogP contribution is -2.56. The van der Waals surface area contributed by atoms with Crippen LogP contribution in [-0.2, 0) is 17.8 Å². The number of aryl methyl sites for hydroxylation is 1. The average molecular weight is 457 g/mol. The molecule has 6 aliphatic carbocycles. The molecule has 180 valence electrons. The van der Waals surface area contributed by atoms with Gasteiger partial charge in [-0.25, -0.2) is 0 Å². The zero-order chi connectivity index (χ0) is 22.4. The van der Waals surface area contributed by atoms with E-state index in [1.165, 1.54) is 100 Å². The van der Waals surface area contributed by atoms with Crippen LogP contribution in [-0.4, -0.2) is 21.9 Å². The number of amides is 1. The standard InChI is InChI=1S/C31H40N2O/c34-30(31-17-20-13-21(18-31)15-22(14-20)19-31)33-12-11-32-27-10-9-24(23-5-2-1-3-6-23)16-26(27)25-7-4-8-28(33)29(25)32/h9-10,16,20-23,28H,1-8,11-15,17-19H2/t20?,21?,22?,28-,31?/m0/s1. The summed E-state index contributed by atoms with van der Waals surface area (Å²) in [6.45, 7) is 1.91. The van der Waals surface area contributed by atoms with Crippen molar-refractivity contribution in [2.75, 3.05) is 6.54 Å². The van der Waals surface area contributed by atoms with Crippen molar-refractivity contribution in [1.82, 2.24) is 9.47 Å². The minimum atomic E-state index is -0.00526. The largest absolute Gasteiger partial charge is 0.341 e. The first-order valence-electron chi connectivity index (χ1n) is 14.6. The summed E-state index contributed by atoms with van der Waals surface area (Å²) in [5, 5.41) is 1.52. The van der Waals surface area contributed by atoms with Crippen molar-refractivity contribution in [3.63, 3.8) is 0 Å². The molecule has 9 rings (SSSR count). The number of carbonyl (C=O) groups is 1. The van der Waals surface area contributed by atoms with E-state index in [9.17, 15) is 4.79 Å². The number of carbonyl (C=O) groups excluding carboxylic acids is 1. The van der Waals surface area contributed by atoms with Crippen molar-refractivity contribution in [3.05, 3.63) is 35.0 Å². The van der Waals surface area contributed by atoms with Crippen LogP contribution in [0.25, 0.3) is 10.9 Å². The molecule has 0 unspecified atom stereocenters. The molecule has 1 amide bonds. The van der Waals surface area contributed by atoms with E-state index in [0.717, 1.165) is 43.2 Å². The second kappa shape index (κ2) is 7.37. The lowest BCUT2D eigenvalue weighted by Gasteiger charge is -2.57. The van der Waals surface area contributed by atoms with Crippen molar-refractivity contribution < 1.29 is 4.79 Å². The van der Waals surface area contributed by atoms with Gasteiger partial charge in [-0.1, -0.05) is 25.3 Å². The molecule has 2 heterocycles. The van der Waals surface area contributed by atoms with Gasteiger partial charge < -0.3 is 9.47 Å². The predicted octanol–water partition coefficient (Wildman–Crippen LogP) is 7.13. The van der Waals surface area contributed by atoms with Gasteiger partial charge in [0, 0.05) is 29.7 Å². The van der Waals surface area contributed by atoms with Crippen molar-refractivity contribution in [2.24, 2.45) is 23.2 Å². The number of benzene rings is 1. The molecule has 3 heteroatoms. The first-order valence-corrected chi connectivity index (χ1v) is 14.6. The number of hydrogen-bond donors (Lipinski definition) is 0. The van der Waals surface area contributed by atoms with E-state index in [1.807, 2.05) is 0 Å². The van der Waals surface area contributed by atoms with E-state index in [0.29, 0.717) is 11.9 Å². The van der Waals surface area contributed by atoms with Gasteiger partial charge in [0.2, 0.25) is 5.91 Å². The van der Waals surface area contributed by atoms with Crippen LogP contribution in [0.15, 0.2) is 18.2 Å². The Hall–Kier alpha value is -1.77. The van der Waals surface area contributed by atoms with E-state index in [2.05, 4.69) is 27.7 Å². The lowest BCUT2D eigenvalue weighted by molar-refractivity contribution is -0.161. The SMILES string of the molecule is O=C(N1CCn2c3c(c4cc(C5CCCCC5)ccc42)CCC[C@@H]31)C12CC3CC(CC(C3)C1)C2. The molecule has 0 saturated heterocycles. The van der Waals surface area contributed by atoms with Gasteiger partial charge in [0.1, 0.15) is 0 Å². The van der Waals surface area contributed by atoms with Gasteiger partial charge in [-0.2, -0.15) is 0 Å². The van der Waals surface area contributed by atoms with Crippen molar-refractivity contribution in [1.29, 1.82) is 0 Å². The molecule has 0 radical (unpaired) electrons. The maximum Gasteiger partial charge on any atom is 0.229 e. The molecule has 1 aromatic heterocycles. The molecule has 2 aromatic rings. The number of hydrogen-bond acceptors (Lipinski definition) is 1. The highest BCUT2D eigenvalue weighted by molar-refractivity contribution is 5.89. The Balaban J connectivity index is 1.17. The summed E-state index contributed by atoms with van der Waals surface area (Å²) in [4.78, 5) is 16.8. The van der Waals surface area contributed by atoms with Crippen LogP contribution in [0.3, 0.4) is 0 Å². The van der Waals surface area contributed by atoms with Crippen LogP contribution in [0, 0.1) is 23.2 Å². The Labute approximate surface area is 204 Å². The normalized spacial score (nSPS) is 36.8. The molecule has 0 spiro atoms. The maximum absolute atomic E-state index is 14.4. The minimum Gasteiger partial charge on any atom is -0.341 e. The maximum atomic E-state index is 14.4. The van der Waals surface area contributed by atoms with Crippen LogP contribution >= 0.6 is 0 Å². The van der Waals surface area contributed by atoms with Crippen molar-refractivity contribution in [2.45, 2.75) is 108 Å². The summed E-state index contributed by atoms with van der Waals surface area (Å²) < 4.78 is 2.63. The van der Waals surface area contributed by atoms with Gasteiger partial charge >= 0.3 is 0 Å². The Morgan fingerprint density at radius 2 is 1.59 bits per heavy atom. The minimum absolute atomic E-state index is 0.00526. The number of fused-ring (bicyclic) bond motifs is 3. The van der Waals surface area contributed by atoms with Gasteiger partial charge in [0.05, 0.1) is 11.5 Å². The Morgan fingerprint density at radius 3 is 2.32 bits per heavy atom. The molecule has 1 aliphatic heterocycles. The Morgan fingerprint density at radius 1 is 0.853 bits per heavy atom. The topological polar surface area (TPSA) is 25.2 Å². The van der Waals surface area contributed by atoms with Gasteiger partial charge in [-0.15, -0.1) is 0 Å². The van der Waals surface area contributed by atoms with Crippen LogP contribution in [0.1, 0.15) is 112 Å². The molecule has 5 saturated carbocycles. The smallest absolute Gasteiger partial charge is 0.229 e. The van der Waals surface area contributed by atoms with E-state index in [1.54, 1.807) is 11.1 Å². The highest BCUT2D eigenvalue weighted by atomic mass is 16.2. The van der Waals surface area contributed by atoms with Crippen molar-refractivity contribution >= 4 is 16.8 Å². The van der Waals surface area contributed by atoms with Gasteiger partial charge in [-0.3, -0.25) is 4.79 Å². The zero-order valence-electron chi connectivity index (χ0n) is 20.7. The average Bonchev–Trinajstić information content (AvgIpc) is 3.18. The second-order valence-corrected chi connectivity index (χ2v) is 13.2. The summed E-state index contributed by atoms with van der Waals surface area (Å²) in [5.74, 6) is 3.84. The van der Waals surface area contributed by atoms with Crippen LogP contribution in [0.2, 0.25) is 0 Å². The third-order valence-corrected chi connectivity index (χ3v) is 11.2. The van der Waals surface area contributed by atoms with E-state index < -0.39 is 0 Å². The fourth-order valence-corrected chi connectivity index (χ4v) is 10.2. The number of aromatic nitrogens is 1. The Bertz CT molecular complexity index is 1120. The summed E-state index contributed by atoms with van der Waals surface area (Å²) >= 11 is 0. The lowest BCUT2D eigenvalue weighted by atomic mass is 9.49. The van der Waals surface area contributed by atoms with Gasteiger partial charge in [0.25, 0.3) is 0 Å². The molecule has 3 nitrogen and oxygen atoms in total. The molecule has 7 aliphatic rings. The molecular formula is C31H40N2O. The monoisotopic (exact) mass is 456 g/mol. The van der Waals surface area contributed by atoms with Gasteiger partial charge in [-0.05, 0) is 118 Å². The third-order valence-electron chi connectivity index (χ3n) is 11.2. The molecule has 5 fully saturated rings. The van der Waals surface area contributed by atoms with Crippen molar-refractivity contribution in [3.8, 4) is 0 Å². The first kappa shape index (κ1) is 20.4. The van der Waals surface area contributed by atoms with Crippen LogP contribution in [0.4, 0.5) is 0 Å². The van der Waals surface area contributed by atoms with Crippen LogP contribution < -0.4 is 0 Å². The summed E-state index contributed by atoms with van der Waals surface area (Å²) in [7, 11) is 0. The fourth-order valence-electron chi connectivity index (χ4n) is 10.2. The van der Waals surface area contributed by atoms with Gasteiger partial charge in [0.15, 0.2) is 0 Å². The van der Waals surface area contributed by atoms with E-state index in [-0.39, 0.29) is 5.41 Å². The second-order valence-electron chi connectivity index (χ2n) is 13.2. The first-order chi connectivity index (χ1) is 16.7. The molecule has 34 heavy (non-hydrogen) atoms. The summed E-state index contributed by atoms with van der Waals surface area (Å²) in [5.41, 5.74) is 6.13. The molecule has 4 bridgehead atoms. The Kier molecular flexibility index (Phi) is 4.43. The molecule has 0 N–H and O–H groups in total.